The normalized spacial score (nSPS) is 15.5. The topological polar surface area (TPSA) is 81.9 Å². The average Bonchev–Trinajstić information content (AvgIpc) is 3.09. The van der Waals surface area contributed by atoms with E-state index in [2.05, 4.69) is 0 Å². The maximum Gasteiger partial charge on any atom is 0.270 e. The molecule has 0 atom stereocenters. The first-order valence-corrected chi connectivity index (χ1v) is 8.23. The van der Waals surface area contributed by atoms with Gasteiger partial charge in [0.1, 0.15) is 5.75 Å². The van der Waals surface area contributed by atoms with Gasteiger partial charge in [0.15, 0.2) is 6.79 Å². The first kappa shape index (κ1) is 16.3. The second-order valence-corrected chi connectivity index (χ2v) is 6.09. The lowest BCUT2D eigenvalue weighted by molar-refractivity contribution is -0.385. The van der Waals surface area contributed by atoms with Crippen LogP contribution in [0.5, 0.6) is 5.75 Å². The third kappa shape index (κ3) is 2.93. The minimum atomic E-state index is -0.467. The molecular weight excluding hydrogens is 336 g/mol. The van der Waals surface area contributed by atoms with Crippen molar-refractivity contribution < 1.29 is 19.2 Å². The summed E-state index contributed by atoms with van der Waals surface area (Å²) >= 11 is 0. The summed E-state index contributed by atoms with van der Waals surface area (Å²) in [6.45, 7) is 0.949. The quantitative estimate of drug-likeness (QED) is 0.482. The van der Waals surface area contributed by atoms with Gasteiger partial charge in [-0.3, -0.25) is 14.9 Å². The van der Waals surface area contributed by atoms with Gasteiger partial charge in [0.05, 0.1) is 11.5 Å². The number of ether oxygens (including phenoxy) is 2. The Balaban J connectivity index is 1.64. The number of non-ortho nitro benzene ring substituents is 1. The van der Waals surface area contributed by atoms with E-state index in [-0.39, 0.29) is 25.0 Å². The van der Waals surface area contributed by atoms with Gasteiger partial charge in [-0.25, -0.2) is 0 Å². The summed E-state index contributed by atoms with van der Waals surface area (Å²) in [7, 11) is 0. The number of fused-ring (bicyclic) bond motifs is 2. The van der Waals surface area contributed by atoms with E-state index in [9.17, 15) is 14.9 Å². The Hall–Kier alpha value is -3.19. The Morgan fingerprint density at radius 3 is 2.92 bits per heavy atom. The number of nitrogens with zero attached hydrogens (tertiary/aromatic N) is 2. The van der Waals surface area contributed by atoms with Crippen molar-refractivity contribution in [3.8, 4) is 5.75 Å². The van der Waals surface area contributed by atoms with Gasteiger partial charge in [0.2, 0.25) is 0 Å². The van der Waals surface area contributed by atoms with Crippen LogP contribution >= 0.6 is 0 Å². The molecule has 0 bridgehead atoms. The van der Waals surface area contributed by atoms with Crippen LogP contribution in [0.25, 0.3) is 6.08 Å². The van der Waals surface area contributed by atoms with Crippen molar-refractivity contribution in [2.75, 3.05) is 18.2 Å². The van der Waals surface area contributed by atoms with E-state index in [1.165, 1.54) is 18.2 Å². The zero-order chi connectivity index (χ0) is 18.1. The third-order valence-electron chi connectivity index (χ3n) is 4.49. The van der Waals surface area contributed by atoms with E-state index in [0.717, 1.165) is 17.7 Å². The van der Waals surface area contributed by atoms with Crippen molar-refractivity contribution in [3.63, 3.8) is 0 Å². The van der Waals surface area contributed by atoms with E-state index >= 15 is 0 Å². The summed E-state index contributed by atoms with van der Waals surface area (Å²) < 4.78 is 10.7. The number of hydrogen-bond donors (Lipinski definition) is 0. The van der Waals surface area contributed by atoms with E-state index in [0.29, 0.717) is 23.4 Å². The molecule has 0 fully saturated rings. The van der Waals surface area contributed by atoms with Crippen molar-refractivity contribution in [2.45, 2.75) is 13.0 Å². The SMILES string of the molecule is O=C(C=Cc1cc([N+](=O)[O-])cc2c1OCOC2)N1CCc2ccccc21. The number of nitro benzene ring substituents is 1. The van der Waals surface area contributed by atoms with Crippen LogP contribution in [0.1, 0.15) is 16.7 Å². The smallest absolute Gasteiger partial charge is 0.270 e. The van der Waals surface area contributed by atoms with Crippen LogP contribution in [0.4, 0.5) is 11.4 Å². The van der Waals surface area contributed by atoms with E-state index in [1.807, 2.05) is 24.3 Å². The van der Waals surface area contributed by atoms with E-state index < -0.39 is 4.92 Å². The molecule has 2 aromatic carbocycles. The van der Waals surface area contributed by atoms with Crippen molar-refractivity contribution >= 4 is 23.4 Å². The molecule has 0 spiro atoms. The minimum absolute atomic E-state index is 0.0588. The van der Waals surface area contributed by atoms with Crippen molar-refractivity contribution in [1.29, 1.82) is 0 Å². The highest BCUT2D eigenvalue weighted by atomic mass is 16.7. The van der Waals surface area contributed by atoms with Crippen LogP contribution in [0.3, 0.4) is 0 Å². The minimum Gasteiger partial charge on any atom is -0.467 e. The van der Waals surface area contributed by atoms with Gasteiger partial charge in [0.25, 0.3) is 11.6 Å². The van der Waals surface area contributed by atoms with Crippen molar-refractivity contribution in [1.82, 2.24) is 0 Å². The summed E-state index contributed by atoms with van der Waals surface area (Å²) in [5.74, 6) is 0.356. The number of nitro groups is 1. The van der Waals surface area contributed by atoms with Gasteiger partial charge >= 0.3 is 0 Å². The zero-order valence-electron chi connectivity index (χ0n) is 13.9. The third-order valence-corrected chi connectivity index (χ3v) is 4.49. The lowest BCUT2D eigenvalue weighted by Crippen LogP contribution is -2.26. The molecule has 7 nitrogen and oxygen atoms in total. The molecule has 0 radical (unpaired) electrons. The molecule has 7 heteroatoms. The molecule has 2 aliphatic heterocycles. The van der Waals surface area contributed by atoms with Crippen LogP contribution in [0, 0.1) is 10.1 Å². The van der Waals surface area contributed by atoms with Gasteiger partial charge in [-0.15, -0.1) is 0 Å². The standard InChI is InChI=1S/C19H16N2O5/c22-18(20-8-7-13-3-1-2-4-17(13)20)6-5-14-9-16(21(23)24)10-15-11-25-12-26-19(14)15/h1-6,9-10H,7-8,11-12H2. The number of benzene rings is 2. The Morgan fingerprint density at radius 2 is 2.08 bits per heavy atom. The number of para-hydroxylation sites is 1. The number of carbonyl (C=O) groups excluding carboxylic acids is 1. The van der Waals surface area contributed by atoms with E-state index in [4.69, 9.17) is 9.47 Å². The van der Waals surface area contributed by atoms with Gasteiger partial charge in [-0.05, 0) is 24.1 Å². The summed E-state index contributed by atoms with van der Waals surface area (Å²) in [6.07, 6.45) is 3.82. The molecule has 2 aliphatic rings. The molecule has 2 aromatic rings. The Labute approximate surface area is 149 Å². The van der Waals surface area contributed by atoms with E-state index in [1.54, 1.807) is 11.0 Å². The van der Waals surface area contributed by atoms with Crippen LogP contribution in [-0.2, 0) is 22.6 Å². The molecule has 0 N–H and O–H groups in total. The summed E-state index contributed by atoms with van der Waals surface area (Å²) in [4.78, 5) is 25.0. The van der Waals surface area contributed by atoms with Gasteiger partial charge in [0, 0.05) is 41.6 Å². The molecule has 1 amide bonds. The predicted octanol–water partition coefficient (Wildman–Crippen LogP) is 3.06. The van der Waals surface area contributed by atoms with Crippen LogP contribution in [0.15, 0.2) is 42.5 Å². The Kier molecular flexibility index (Phi) is 4.14. The molecular formula is C19H16N2O5. The number of amides is 1. The van der Waals surface area contributed by atoms with Crippen molar-refractivity contribution in [3.05, 3.63) is 69.3 Å². The fourth-order valence-corrected chi connectivity index (χ4v) is 3.28. The highest BCUT2D eigenvalue weighted by Gasteiger charge is 2.23. The lowest BCUT2D eigenvalue weighted by atomic mass is 10.1. The zero-order valence-corrected chi connectivity index (χ0v) is 13.9. The van der Waals surface area contributed by atoms with Crippen LogP contribution in [0.2, 0.25) is 0 Å². The molecule has 132 valence electrons. The molecule has 0 saturated heterocycles. The highest BCUT2D eigenvalue weighted by Crippen LogP contribution is 2.34. The monoisotopic (exact) mass is 352 g/mol. The molecule has 2 heterocycles. The fourth-order valence-electron chi connectivity index (χ4n) is 3.28. The molecule has 0 saturated carbocycles. The Bertz CT molecular complexity index is 922. The predicted molar refractivity (Wildman–Crippen MR) is 94.9 cm³/mol. The van der Waals surface area contributed by atoms with Crippen LogP contribution in [-0.4, -0.2) is 24.2 Å². The summed E-state index contributed by atoms with van der Waals surface area (Å²) in [5.41, 5.74) is 3.09. The number of rotatable bonds is 3. The number of hydrogen-bond acceptors (Lipinski definition) is 5. The maximum absolute atomic E-state index is 12.6. The largest absolute Gasteiger partial charge is 0.467 e. The van der Waals surface area contributed by atoms with Crippen molar-refractivity contribution in [2.24, 2.45) is 0 Å². The molecule has 26 heavy (non-hydrogen) atoms. The first-order valence-electron chi connectivity index (χ1n) is 8.23. The average molecular weight is 352 g/mol. The molecule has 4 rings (SSSR count). The summed E-state index contributed by atoms with van der Waals surface area (Å²) in [5, 5.41) is 11.1. The van der Waals surface area contributed by atoms with Gasteiger partial charge < -0.3 is 14.4 Å². The second-order valence-electron chi connectivity index (χ2n) is 6.09. The number of anilines is 1. The molecule has 0 aliphatic carbocycles. The lowest BCUT2D eigenvalue weighted by Gasteiger charge is -2.19. The van der Waals surface area contributed by atoms with Gasteiger partial charge in [-0.2, -0.15) is 0 Å². The van der Waals surface area contributed by atoms with Gasteiger partial charge in [-0.1, -0.05) is 18.2 Å². The molecule has 0 aromatic heterocycles. The molecule has 0 unspecified atom stereocenters. The Morgan fingerprint density at radius 1 is 1.23 bits per heavy atom. The number of carbonyl (C=O) groups is 1. The first-order chi connectivity index (χ1) is 12.6. The second kappa shape index (κ2) is 6.61. The maximum atomic E-state index is 12.6. The van der Waals surface area contributed by atoms with Crippen LogP contribution < -0.4 is 9.64 Å². The fraction of sp³-hybridized carbons (Fsp3) is 0.211. The highest BCUT2D eigenvalue weighted by molar-refractivity contribution is 6.05. The summed E-state index contributed by atoms with van der Waals surface area (Å²) in [6, 6.07) is 10.6.